The molecule has 0 saturated carbocycles. The van der Waals surface area contributed by atoms with Gasteiger partial charge in [-0.25, -0.2) is 18.0 Å². The van der Waals surface area contributed by atoms with E-state index in [0.29, 0.717) is 25.9 Å². The first kappa shape index (κ1) is 19.2. The summed E-state index contributed by atoms with van der Waals surface area (Å²) in [5.74, 6) is -1.10. The maximum absolute atomic E-state index is 12.7. The van der Waals surface area contributed by atoms with Crippen LogP contribution in [0.5, 0.6) is 0 Å². The number of carboxylic acids is 1. The van der Waals surface area contributed by atoms with Crippen molar-refractivity contribution in [2.24, 2.45) is 0 Å². The molecular formula is C17H23NO6S. The van der Waals surface area contributed by atoms with Crippen LogP contribution in [0.3, 0.4) is 0 Å². The van der Waals surface area contributed by atoms with Gasteiger partial charge in [-0.15, -0.1) is 0 Å². The molecule has 1 heterocycles. The standard InChI is InChI=1S/C17H23NO6S/c1-17(2,3)24-16(21)18-10-8-14(9-11-18)25(22,23)13-6-4-12(5-7-13)15(19)20/h4-7,14H,8-11H2,1-3H3,(H,19,20). The molecule has 1 aliphatic rings. The molecule has 0 radical (unpaired) electrons. The number of aromatic carboxylic acids is 1. The van der Waals surface area contributed by atoms with E-state index in [-0.39, 0.29) is 10.5 Å². The average molecular weight is 369 g/mol. The van der Waals surface area contributed by atoms with Crippen LogP contribution in [0.2, 0.25) is 0 Å². The van der Waals surface area contributed by atoms with Gasteiger partial charge in [-0.1, -0.05) is 0 Å². The second-order valence-corrected chi connectivity index (χ2v) is 9.27. The van der Waals surface area contributed by atoms with Crippen LogP contribution in [-0.4, -0.2) is 54.4 Å². The SMILES string of the molecule is CC(C)(C)OC(=O)N1CCC(S(=O)(=O)c2ccc(C(=O)O)cc2)CC1. The highest BCUT2D eigenvalue weighted by atomic mass is 32.2. The summed E-state index contributed by atoms with van der Waals surface area (Å²) in [4.78, 5) is 24.5. The zero-order chi connectivity index (χ0) is 18.8. The molecule has 1 amide bonds. The van der Waals surface area contributed by atoms with Gasteiger partial charge >= 0.3 is 12.1 Å². The number of carboxylic acid groups (broad SMARTS) is 1. The Morgan fingerprint density at radius 1 is 1.12 bits per heavy atom. The van der Waals surface area contributed by atoms with Crippen LogP contribution in [0.25, 0.3) is 0 Å². The van der Waals surface area contributed by atoms with Gasteiger partial charge in [0.15, 0.2) is 9.84 Å². The number of piperidine rings is 1. The molecule has 138 valence electrons. The van der Waals surface area contributed by atoms with E-state index < -0.39 is 32.8 Å². The van der Waals surface area contributed by atoms with Crippen molar-refractivity contribution >= 4 is 21.9 Å². The van der Waals surface area contributed by atoms with Crippen LogP contribution in [0.4, 0.5) is 4.79 Å². The van der Waals surface area contributed by atoms with Crippen molar-refractivity contribution < 1.29 is 27.9 Å². The van der Waals surface area contributed by atoms with Gasteiger partial charge in [-0.2, -0.15) is 0 Å². The molecule has 7 nitrogen and oxygen atoms in total. The van der Waals surface area contributed by atoms with Crippen LogP contribution in [-0.2, 0) is 14.6 Å². The van der Waals surface area contributed by atoms with Crippen molar-refractivity contribution in [1.29, 1.82) is 0 Å². The van der Waals surface area contributed by atoms with Crippen molar-refractivity contribution in [2.45, 2.75) is 49.4 Å². The smallest absolute Gasteiger partial charge is 0.410 e. The van der Waals surface area contributed by atoms with Crippen molar-refractivity contribution in [3.05, 3.63) is 29.8 Å². The van der Waals surface area contributed by atoms with Crippen LogP contribution < -0.4 is 0 Å². The number of sulfone groups is 1. The molecule has 1 aromatic rings. The minimum atomic E-state index is -3.56. The number of ether oxygens (including phenoxy) is 1. The lowest BCUT2D eigenvalue weighted by Crippen LogP contribution is -2.44. The van der Waals surface area contributed by atoms with Gasteiger partial charge in [0.1, 0.15) is 5.60 Å². The largest absolute Gasteiger partial charge is 0.478 e. The number of hydrogen-bond acceptors (Lipinski definition) is 5. The lowest BCUT2D eigenvalue weighted by molar-refractivity contribution is 0.0217. The first-order valence-electron chi connectivity index (χ1n) is 8.06. The fourth-order valence-electron chi connectivity index (χ4n) is 2.65. The topological polar surface area (TPSA) is 101 Å². The van der Waals surface area contributed by atoms with E-state index in [1.165, 1.54) is 29.2 Å². The second-order valence-electron chi connectivity index (χ2n) is 7.04. The molecular weight excluding hydrogens is 346 g/mol. The molecule has 1 aliphatic heterocycles. The molecule has 8 heteroatoms. The van der Waals surface area contributed by atoms with Gasteiger partial charge in [0, 0.05) is 13.1 Å². The molecule has 0 aromatic heterocycles. The zero-order valence-corrected chi connectivity index (χ0v) is 15.4. The summed E-state index contributed by atoms with van der Waals surface area (Å²) in [7, 11) is -3.56. The Kier molecular flexibility index (Phi) is 5.41. The number of amides is 1. The summed E-state index contributed by atoms with van der Waals surface area (Å²) in [6.07, 6.45) is 0.207. The Balaban J connectivity index is 2.03. The van der Waals surface area contributed by atoms with E-state index in [1.807, 2.05) is 0 Å². The lowest BCUT2D eigenvalue weighted by atomic mass is 10.1. The summed E-state index contributed by atoms with van der Waals surface area (Å²) in [5, 5.41) is 8.29. The maximum Gasteiger partial charge on any atom is 0.410 e. The van der Waals surface area contributed by atoms with Gasteiger partial charge in [0.2, 0.25) is 0 Å². The van der Waals surface area contributed by atoms with E-state index >= 15 is 0 Å². The predicted molar refractivity (Wildman–Crippen MR) is 91.4 cm³/mol. The zero-order valence-electron chi connectivity index (χ0n) is 14.6. The third-order valence-electron chi connectivity index (χ3n) is 3.96. The van der Waals surface area contributed by atoms with Crippen molar-refractivity contribution in [1.82, 2.24) is 4.90 Å². The number of hydrogen-bond donors (Lipinski definition) is 1. The number of rotatable bonds is 3. The summed E-state index contributed by atoms with van der Waals surface area (Å²) in [6.45, 7) is 5.97. The second kappa shape index (κ2) is 7.03. The highest BCUT2D eigenvalue weighted by Gasteiger charge is 2.34. The molecule has 0 spiro atoms. The number of likely N-dealkylation sites (tertiary alicyclic amines) is 1. The lowest BCUT2D eigenvalue weighted by Gasteiger charge is -2.33. The Bertz CT molecular complexity index is 740. The Morgan fingerprint density at radius 2 is 1.64 bits per heavy atom. The molecule has 1 aromatic carbocycles. The van der Waals surface area contributed by atoms with E-state index in [9.17, 15) is 18.0 Å². The van der Waals surface area contributed by atoms with Crippen molar-refractivity contribution in [2.75, 3.05) is 13.1 Å². The quantitative estimate of drug-likeness (QED) is 0.879. The minimum Gasteiger partial charge on any atom is -0.478 e. The third-order valence-corrected chi connectivity index (χ3v) is 6.24. The molecule has 25 heavy (non-hydrogen) atoms. The van der Waals surface area contributed by atoms with Gasteiger partial charge in [-0.3, -0.25) is 0 Å². The number of carbonyl (C=O) groups is 2. The first-order valence-corrected chi connectivity index (χ1v) is 9.60. The Hall–Kier alpha value is -2.09. The predicted octanol–water partition coefficient (Wildman–Crippen LogP) is 2.56. The number of carbonyl (C=O) groups excluding carboxylic acids is 1. The fraction of sp³-hybridized carbons (Fsp3) is 0.529. The molecule has 1 saturated heterocycles. The van der Waals surface area contributed by atoms with Crippen molar-refractivity contribution in [3.63, 3.8) is 0 Å². The molecule has 0 aliphatic carbocycles. The maximum atomic E-state index is 12.7. The molecule has 0 bridgehead atoms. The fourth-order valence-corrected chi connectivity index (χ4v) is 4.39. The van der Waals surface area contributed by atoms with Crippen molar-refractivity contribution in [3.8, 4) is 0 Å². The summed E-state index contributed by atoms with van der Waals surface area (Å²) < 4.78 is 30.7. The van der Waals surface area contributed by atoms with Gasteiger partial charge in [0.05, 0.1) is 15.7 Å². The van der Waals surface area contributed by atoms with E-state index in [1.54, 1.807) is 20.8 Å². The van der Waals surface area contributed by atoms with Gasteiger partial charge in [-0.05, 0) is 57.9 Å². The first-order chi connectivity index (χ1) is 11.5. The van der Waals surface area contributed by atoms with Crippen LogP contribution in [0, 0.1) is 0 Å². The minimum absolute atomic E-state index is 0.0405. The normalized spacial score (nSPS) is 16.5. The number of nitrogens with zero attached hydrogens (tertiary/aromatic N) is 1. The highest BCUT2D eigenvalue weighted by Crippen LogP contribution is 2.25. The highest BCUT2D eigenvalue weighted by molar-refractivity contribution is 7.92. The average Bonchev–Trinajstić information content (AvgIpc) is 2.53. The van der Waals surface area contributed by atoms with Crippen LogP contribution in [0.15, 0.2) is 29.2 Å². The Morgan fingerprint density at radius 3 is 2.08 bits per heavy atom. The molecule has 2 rings (SSSR count). The summed E-state index contributed by atoms with van der Waals surface area (Å²) in [5.41, 5.74) is -0.551. The number of benzene rings is 1. The Labute approximate surface area is 147 Å². The van der Waals surface area contributed by atoms with E-state index in [4.69, 9.17) is 9.84 Å². The molecule has 0 atom stereocenters. The van der Waals surface area contributed by atoms with Crippen LogP contribution >= 0.6 is 0 Å². The summed E-state index contributed by atoms with van der Waals surface area (Å²) in [6, 6.07) is 5.20. The van der Waals surface area contributed by atoms with Gasteiger partial charge in [0.25, 0.3) is 0 Å². The van der Waals surface area contributed by atoms with Crippen LogP contribution in [0.1, 0.15) is 44.0 Å². The monoisotopic (exact) mass is 369 g/mol. The van der Waals surface area contributed by atoms with E-state index in [0.717, 1.165) is 0 Å². The van der Waals surface area contributed by atoms with Gasteiger partial charge < -0.3 is 14.7 Å². The third kappa shape index (κ3) is 4.72. The molecule has 1 N–H and O–H groups in total. The van der Waals surface area contributed by atoms with E-state index in [2.05, 4.69) is 0 Å². The molecule has 0 unspecified atom stereocenters. The summed E-state index contributed by atoms with van der Waals surface area (Å²) >= 11 is 0. The molecule has 1 fully saturated rings.